The van der Waals surface area contributed by atoms with Gasteiger partial charge in [-0.2, -0.15) is 0 Å². The van der Waals surface area contributed by atoms with Crippen molar-refractivity contribution in [2.24, 2.45) is 0 Å². The number of Topliss-reactive ketones (excluding diaryl/α,β-unsaturated/α-hetero) is 1. The second-order valence-corrected chi connectivity index (χ2v) is 3.82. The van der Waals surface area contributed by atoms with Gasteiger partial charge < -0.3 is 0 Å². The van der Waals surface area contributed by atoms with Gasteiger partial charge in [-0.05, 0) is 13.0 Å². The van der Waals surface area contributed by atoms with E-state index in [4.69, 9.17) is 11.6 Å². The van der Waals surface area contributed by atoms with Crippen LogP contribution in [0.15, 0.2) is 12.1 Å². The minimum absolute atomic E-state index is 0.0777. The standard InChI is InChI=1S/C9H7BrClNO3/c1-5-7(12(14)15)3-2-6(9(5)11)8(13)4-10/h2-3H,4H2,1H3. The summed E-state index contributed by atoms with van der Waals surface area (Å²) in [5, 5.41) is 10.9. The van der Waals surface area contributed by atoms with E-state index < -0.39 is 4.92 Å². The number of ketones is 1. The van der Waals surface area contributed by atoms with Crippen molar-refractivity contribution in [2.75, 3.05) is 5.33 Å². The molecule has 0 amide bonds. The van der Waals surface area contributed by atoms with Crippen LogP contribution in [0, 0.1) is 17.0 Å². The Morgan fingerprint density at radius 1 is 1.60 bits per heavy atom. The fraction of sp³-hybridized carbons (Fsp3) is 0.222. The molecule has 15 heavy (non-hydrogen) atoms. The number of hydrogen-bond donors (Lipinski definition) is 0. The Morgan fingerprint density at radius 2 is 2.20 bits per heavy atom. The highest BCUT2D eigenvalue weighted by atomic mass is 79.9. The summed E-state index contributed by atoms with van der Waals surface area (Å²) in [4.78, 5) is 21.4. The highest BCUT2D eigenvalue weighted by Gasteiger charge is 2.18. The zero-order chi connectivity index (χ0) is 11.6. The summed E-state index contributed by atoms with van der Waals surface area (Å²) < 4.78 is 0. The molecule has 0 aliphatic rings. The molecular weight excluding hydrogens is 285 g/mol. The van der Waals surface area contributed by atoms with Crippen molar-refractivity contribution < 1.29 is 9.72 Å². The van der Waals surface area contributed by atoms with Crippen molar-refractivity contribution in [3.63, 3.8) is 0 Å². The van der Waals surface area contributed by atoms with Gasteiger partial charge in [0.2, 0.25) is 0 Å². The van der Waals surface area contributed by atoms with Gasteiger partial charge in [-0.3, -0.25) is 14.9 Å². The molecule has 4 nitrogen and oxygen atoms in total. The van der Waals surface area contributed by atoms with E-state index >= 15 is 0 Å². The number of alkyl halides is 1. The molecule has 0 N–H and O–H groups in total. The number of halogens is 2. The van der Waals surface area contributed by atoms with Gasteiger partial charge in [0.25, 0.3) is 5.69 Å². The van der Waals surface area contributed by atoms with Gasteiger partial charge >= 0.3 is 0 Å². The third-order valence-electron chi connectivity index (χ3n) is 1.98. The molecule has 0 spiro atoms. The number of nitro groups is 1. The highest BCUT2D eigenvalue weighted by molar-refractivity contribution is 9.09. The summed E-state index contributed by atoms with van der Waals surface area (Å²) >= 11 is 8.89. The minimum atomic E-state index is -0.524. The summed E-state index contributed by atoms with van der Waals surface area (Å²) in [6.07, 6.45) is 0. The zero-order valence-corrected chi connectivity index (χ0v) is 10.1. The number of benzene rings is 1. The van der Waals surface area contributed by atoms with Crippen LogP contribution >= 0.6 is 27.5 Å². The van der Waals surface area contributed by atoms with E-state index in [-0.39, 0.29) is 21.8 Å². The first-order valence-electron chi connectivity index (χ1n) is 4.01. The molecule has 1 aromatic carbocycles. The third kappa shape index (κ3) is 2.35. The van der Waals surface area contributed by atoms with Gasteiger partial charge in [-0.15, -0.1) is 0 Å². The molecule has 1 aromatic rings. The first kappa shape index (κ1) is 12.1. The molecule has 0 radical (unpaired) electrons. The number of nitrogens with zero attached hydrogens (tertiary/aromatic N) is 1. The lowest BCUT2D eigenvalue weighted by Crippen LogP contribution is -2.03. The molecule has 1 rings (SSSR count). The summed E-state index contributed by atoms with van der Waals surface area (Å²) in [5.74, 6) is -0.196. The van der Waals surface area contributed by atoms with Crippen molar-refractivity contribution in [2.45, 2.75) is 6.92 Å². The van der Waals surface area contributed by atoms with E-state index in [1.165, 1.54) is 19.1 Å². The Bertz CT molecular complexity index is 434. The number of carbonyl (C=O) groups is 1. The zero-order valence-electron chi connectivity index (χ0n) is 7.79. The fourth-order valence-electron chi connectivity index (χ4n) is 1.16. The first-order valence-corrected chi connectivity index (χ1v) is 5.51. The van der Waals surface area contributed by atoms with E-state index in [0.29, 0.717) is 11.1 Å². The van der Waals surface area contributed by atoms with Crippen LogP contribution in [0.1, 0.15) is 15.9 Å². The first-order chi connectivity index (χ1) is 6.99. The lowest BCUT2D eigenvalue weighted by Gasteiger charge is -2.04. The van der Waals surface area contributed by atoms with E-state index in [2.05, 4.69) is 15.9 Å². The van der Waals surface area contributed by atoms with Crippen molar-refractivity contribution in [3.05, 3.63) is 38.4 Å². The van der Waals surface area contributed by atoms with E-state index in [9.17, 15) is 14.9 Å². The molecule has 0 aliphatic heterocycles. The average Bonchev–Trinajstić information content (AvgIpc) is 2.20. The van der Waals surface area contributed by atoms with Crippen LogP contribution in [-0.2, 0) is 0 Å². The van der Waals surface area contributed by atoms with E-state index in [1.54, 1.807) is 0 Å². The second-order valence-electron chi connectivity index (χ2n) is 2.89. The molecule has 0 saturated carbocycles. The Morgan fingerprint density at radius 3 is 2.67 bits per heavy atom. The van der Waals surface area contributed by atoms with Crippen molar-refractivity contribution >= 4 is 39.0 Å². The van der Waals surface area contributed by atoms with Crippen molar-refractivity contribution in [3.8, 4) is 0 Å². The second kappa shape index (κ2) is 4.72. The smallest absolute Gasteiger partial charge is 0.273 e. The van der Waals surface area contributed by atoms with E-state index in [0.717, 1.165) is 0 Å². The van der Waals surface area contributed by atoms with Crippen LogP contribution in [0.4, 0.5) is 5.69 Å². The van der Waals surface area contributed by atoms with Crippen molar-refractivity contribution in [1.82, 2.24) is 0 Å². The van der Waals surface area contributed by atoms with Gasteiger partial charge in [-0.25, -0.2) is 0 Å². The molecule has 0 atom stereocenters. The predicted molar refractivity (Wildman–Crippen MR) is 61.0 cm³/mol. The summed E-state index contributed by atoms with van der Waals surface area (Å²) in [6, 6.07) is 2.66. The normalized spacial score (nSPS) is 10.1. The molecule has 6 heteroatoms. The number of rotatable bonds is 3. The van der Waals surface area contributed by atoms with Crippen LogP contribution in [0.5, 0.6) is 0 Å². The van der Waals surface area contributed by atoms with Gasteiger partial charge in [-0.1, -0.05) is 27.5 Å². The van der Waals surface area contributed by atoms with Crippen LogP contribution in [0.25, 0.3) is 0 Å². The largest absolute Gasteiger partial charge is 0.293 e. The molecule has 0 aliphatic carbocycles. The van der Waals surface area contributed by atoms with Crippen LogP contribution in [0.2, 0.25) is 5.02 Å². The molecule has 0 unspecified atom stereocenters. The predicted octanol–water partition coefficient (Wildman–Crippen LogP) is 3.13. The van der Waals surface area contributed by atoms with Crippen LogP contribution in [0.3, 0.4) is 0 Å². The Hall–Kier alpha value is -0.940. The Kier molecular flexibility index (Phi) is 3.82. The summed E-state index contributed by atoms with van der Waals surface area (Å²) in [6.45, 7) is 1.52. The fourth-order valence-corrected chi connectivity index (χ4v) is 1.73. The maximum absolute atomic E-state index is 11.4. The topological polar surface area (TPSA) is 60.2 Å². The van der Waals surface area contributed by atoms with E-state index in [1.807, 2.05) is 0 Å². The quantitative estimate of drug-likeness (QED) is 0.372. The molecular formula is C9H7BrClNO3. The van der Waals surface area contributed by atoms with Gasteiger partial charge in [0.1, 0.15) is 0 Å². The Balaban J connectivity index is 3.33. The van der Waals surface area contributed by atoms with Gasteiger partial charge in [0.15, 0.2) is 5.78 Å². The van der Waals surface area contributed by atoms with Gasteiger partial charge in [0, 0.05) is 17.2 Å². The molecule has 0 saturated heterocycles. The van der Waals surface area contributed by atoms with Crippen LogP contribution in [-0.4, -0.2) is 16.0 Å². The maximum atomic E-state index is 11.4. The highest BCUT2D eigenvalue weighted by Crippen LogP contribution is 2.29. The molecule has 80 valence electrons. The lowest BCUT2D eigenvalue weighted by atomic mass is 10.1. The lowest BCUT2D eigenvalue weighted by molar-refractivity contribution is -0.385. The molecule has 0 fully saturated rings. The molecule has 0 aromatic heterocycles. The molecule has 0 bridgehead atoms. The number of nitro benzene ring substituents is 1. The third-order valence-corrected chi connectivity index (χ3v) is 2.97. The summed E-state index contributed by atoms with van der Waals surface area (Å²) in [7, 11) is 0. The number of carbonyl (C=O) groups excluding carboxylic acids is 1. The van der Waals surface area contributed by atoms with Gasteiger partial charge in [0.05, 0.1) is 15.3 Å². The van der Waals surface area contributed by atoms with Crippen LogP contribution < -0.4 is 0 Å². The SMILES string of the molecule is Cc1c([N+](=O)[O-])ccc(C(=O)CBr)c1Cl. The summed E-state index contributed by atoms with van der Waals surface area (Å²) in [5.41, 5.74) is 0.538. The monoisotopic (exact) mass is 291 g/mol. The molecule has 0 heterocycles. The van der Waals surface area contributed by atoms with Crippen molar-refractivity contribution in [1.29, 1.82) is 0 Å². The minimum Gasteiger partial charge on any atom is -0.293 e. The average molecular weight is 293 g/mol. The number of hydrogen-bond acceptors (Lipinski definition) is 3. The maximum Gasteiger partial charge on any atom is 0.273 e. The Labute approximate surface area is 99.5 Å².